The number of ketones is 1. The molecule has 0 aliphatic carbocycles. The minimum absolute atomic E-state index is 0.0206. The van der Waals surface area contributed by atoms with Gasteiger partial charge in [0.1, 0.15) is 30.7 Å². The molecular weight excluding hydrogens is 400 g/mol. The third kappa shape index (κ3) is 3.12. The standard InChI is InChI=1S/C24H22O7/c1-4-13-10-20(26)30-17-7-12(2)21-15(25)11-16(31-24(21)22(13)17)14-8-18(27-3)23-19(9-14)28-5-6-29-23/h7-10,16H,4-6,11H2,1-3H3/t16-/m1/s1. The molecule has 31 heavy (non-hydrogen) atoms. The van der Waals surface area contributed by atoms with Gasteiger partial charge in [-0.2, -0.15) is 0 Å². The molecule has 7 heteroatoms. The van der Waals surface area contributed by atoms with Crippen molar-refractivity contribution >= 4 is 16.8 Å². The van der Waals surface area contributed by atoms with Gasteiger partial charge in [0.25, 0.3) is 0 Å². The largest absolute Gasteiger partial charge is 0.493 e. The summed E-state index contributed by atoms with van der Waals surface area (Å²) >= 11 is 0. The Hall–Kier alpha value is -3.48. The number of aryl methyl sites for hydroxylation is 2. The van der Waals surface area contributed by atoms with E-state index in [0.717, 1.165) is 16.7 Å². The highest BCUT2D eigenvalue weighted by molar-refractivity contribution is 6.07. The van der Waals surface area contributed by atoms with Crippen molar-refractivity contribution in [2.45, 2.75) is 32.8 Å². The van der Waals surface area contributed by atoms with Crippen LogP contribution in [0.5, 0.6) is 23.0 Å². The number of hydrogen-bond acceptors (Lipinski definition) is 7. The van der Waals surface area contributed by atoms with Gasteiger partial charge in [0.2, 0.25) is 5.75 Å². The molecule has 0 radical (unpaired) electrons. The number of benzene rings is 2. The lowest BCUT2D eigenvalue weighted by atomic mass is 9.90. The molecule has 160 valence electrons. The Morgan fingerprint density at radius 2 is 1.87 bits per heavy atom. The minimum Gasteiger partial charge on any atom is -0.493 e. The number of ether oxygens (including phenoxy) is 4. The van der Waals surface area contributed by atoms with Crippen LogP contribution in [0.4, 0.5) is 0 Å². The molecule has 0 unspecified atom stereocenters. The van der Waals surface area contributed by atoms with Crippen LogP contribution in [0.15, 0.2) is 33.5 Å². The Morgan fingerprint density at radius 3 is 2.65 bits per heavy atom. The van der Waals surface area contributed by atoms with Crippen LogP contribution in [-0.2, 0) is 6.42 Å². The molecule has 1 aromatic heterocycles. The van der Waals surface area contributed by atoms with Gasteiger partial charge in [0.15, 0.2) is 17.3 Å². The first-order valence-corrected chi connectivity index (χ1v) is 10.3. The van der Waals surface area contributed by atoms with E-state index in [1.54, 1.807) is 13.2 Å². The van der Waals surface area contributed by atoms with Gasteiger partial charge < -0.3 is 23.4 Å². The van der Waals surface area contributed by atoms with E-state index in [-0.39, 0.29) is 12.2 Å². The van der Waals surface area contributed by atoms with Crippen LogP contribution in [0.2, 0.25) is 0 Å². The van der Waals surface area contributed by atoms with E-state index in [2.05, 4.69) is 0 Å². The summed E-state index contributed by atoms with van der Waals surface area (Å²) in [6.07, 6.45) is 0.254. The molecule has 1 atom stereocenters. The highest BCUT2D eigenvalue weighted by Crippen LogP contribution is 2.46. The zero-order valence-corrected chi connectivity index (χ0v) is 17.6. The van der Waals surface area contributed by atoms with Crippen molar-refractivity contribution in [2.75, 3.05) is 20.3 Å². The summed E-state index contributed by atoms with van der Waals surface area (Å²) < 4.78 is 28.8. The number of methoxy groups -OCH3 is 1. The number of hydrogen-bond donors (Lipinski definition) is 0. The number of Topliss-reactive ketones (excluding diaryl/α,β-unsaturated/α-hetero) is 1. The molecule has 0 amide bonds. The molecule has 0 saturated carbocycles. The zero-order valence-electron chi connectivity index (χ0n) is 17.6. The number of fused-ring (bicyclic) bond motifs is 4. The molecule has 5 rings (SSSR count). The fraction of sp³-hybridized carbons (Fsp3) is 0.333. The Bertz CT molecular complexity index is 1250. The molecule has 2 aliphatic heterocycles. The summed E-state index contributed by atoms with van der Waals surface area (Å²) in [5, 5.41) is 0.672. The van der Waals surface area contributed by atoms with Crippen molar-refractivity contribution in [1.82, 2.24) is 0 Å². The van der Waals surface area contributed by atoms with Crippen molar-refractivity contribution < 1.29 is 28.2 Å². The first-order valence-electron chi connectivity index (χ1n) is 10.3. The predicted molar refractivity (Wildman–Crippen MR) is 113 cm³/mol. The van der Waals surface area contributed by atoms with E-state index in [0.29, 0.717) is 59.2 Å². The summed E-state index contributed by atoms with van der Waals surface area (Å²) in [7, 11) is 1.56. The smallest absolute Gasteiger partial charge is 0.336 e. The molecule has 2 aromatic carbocycles. The average molecular weight is 422 g/mol. The maximum Gasteiger partial charge on any atom is 0.336 e. The Kier molecular flexibility index (Phi) is 4.61. The molecule has 0 saturated heterocycles. The van der Waals surface area contributed by atoms with Gasteiger partial charge in [0.05, 0.1) is 24.5 Å². The fourth-order valence-electron chi connectivity index (χ4n) is 4.36. The molecule has 3 aromatic rings. The second kappa shape index (κ2) is 7.34. The van der Waals surface area contributed by atoms with Crippen LogP contribution in [0.25, 0.3) is 11.0 Å². The third-order valence-corrected chi connectivity index (χ3v) is 5.78. The van der Waals surface area contributed by atoms with Crippen LogP contribution in [0.3, 0.4) is 0 Å². The number of rotatable bonds is 3. The maximum atomic E-state index is 13.2. The van der Waals surface area contributed by atoms with Crippen LogP contribution in [0.1, 0.15) is 46.5 Å². The first kappa shape index (κ1) is 19.5. The molecule has 3 heterocycles. The molecule has 0 spiro atoms. The molecule has 0 N–H and O–H groups in total. The topological polar surface area (TPSA) is 84.2 Å². The summed E-state index contributed by atoms with van der Waals surface area (Å²) in [5.74, 6) is 2.09. The number of carbonyl (C=O) groups excluding carboxylic acids is 1. The second-order valence-corrected chi connectivity index (χ2v) is 7.70. The molecular formula is C24H22O7. The van der Waals surface area contributed by atoms with Crippen LogP contribution in [0, 0.1) is 6.92 Å². The van der Waals surface area contributed by atoms with Gasteiger partial charge in [-0.25, -0.2) is 4.79 Å². The lowest BCUT2D eigenvalue weighted by molar-refractivity contribution is 0.0850. The third-order valence-electron chi connectivity index (χ3n) is 5.78. The van der Waals surface area contributed by atoms with Gasteiger partial charge in [-0.3, -0.25) is 4.79 Å². The summed E-state index contributed by atoms with van der Waals surface area (Å²) in [6.45, 7) is 4.67. The zero-order chi connectivity index (χ0) is 21.7. The Balaban J connectivity index is 1.68. The molecule has 7 nitrogen and oxygen atoms in total. The van der Waals surface area contributed by atoms with Crippen molar-refractivity contribution in [2.24, 2.45) is 0 Å². The van der Waals surface area contributed by atoms with Crippen molar-refractivity contribution in [1.29, 1.82) is 0 Å². The van der Waals surface area contributed by atoms with Crippen molar-refractivity contribution in [3.63, 3.8) is 0 Å². The van der Waals surface area contributed by atoms with Crippen molar-refractivity contribution in [3.8, 4) is 23.0 Å². The van der Waals surface area contributed by atoms with Gasteiger partial charge in [-0.15, -0.1) is 0 Å². The number of carbonyl (C=O) groups is 1. The van der Waals surface area contributed by atoms with Crippen LogP contribution in [-0.4, -0.2) is 26.1 Å². The quantitative estimate of drug-likeness (QED) is 0.586. The highest BCUT2D eigenvalue weighted by atomic mass is 16.6. The monoisotopic (exact) mass is 422 g/mol. The maximum absolute atomic E-state index is 13.2. The molecule has 0 bridgehead atoms. The van der Waals surface area contributed by atoms with E-state index in [1.807, 2.05) is 26.0 Å². The summed E-state index contributed by atoms with van der Waals surface area (Å²) in [6, 6.07) is 6.85. The minimum atomic E-state index is -0.536. The second-order valence-electron chi connectivity index (χ2n) is 7.70. The SMILES string of the molecule is CCc1cc(=O)oc2cc(C)c3c(c12)O[C@@H](c1cc(OC)c2c(c1)OCCO2)CC3=O. The van der Waals surface area contributed by atoms with E-state index in [9.17, 15) is 9.59 Å². The normalized spacial score (nSPS) is 17.3. The van der Waals surface area contributed by atoms with Crippen LogP contribution >= 0.6 is 0 Å². The lowest BCUT2D eigenvalue weighted by Gasteiger charge is -2.29. The van der Waals surface area contributed by atoms with Gasteiger partial charge in [-0.1, -0.05) is 6.92 Å². The lowest BCUT2D eigenvalue weighted by Crippen LogP contribution is -2.23. The van der Waals surface area contributed by atoms with E-state index in [1.165, 1.54) is 6.07 Å². The summed E-state index contributed by atoms with van der Waals surface area (Å²) in [5.41, 5.74) is 2.81. The van der Waals surface area contributed by atoms with E-state index in [4.69, 9.17) is 23.4 Å². The summed E-state index contributed by atoms with van der Waals surface area (Å²) in [4.78, 5) is 25.2. The van der Waals surface area contributed by atoms with Gasteiger partial charge in [0, 0.05) is 11.6 Å². The van der Waals surface area contributed by atoms with E-state index >= 15 is 0 Å². The fourth-order valence-corrected chi connectivity index (χ4v) is 4.36. The van der Waals surface area contributed by atoms with E-state index < -0.39 is 11.7 Å². The predicted octanol–water partition coefficient (Wildman–Crippen LogP) is 4.15. The Morgan fingerprint density at radius 1 is 1.06 bits per heavy atom. The first-order chi connectivity index (χ1) is 15.0. The molecule has 2 aliphatic rings. The van der Waals surface area contributed by atoms with Crippen molar-refractivity contribution in [3.05, 3.63) is 56.9 Å². The molecule has 0 fully saturated rings. The Labute approximate surface area is 178 Å². The van der Waals surface area contributed by atoms with Gasteiger partial charge >= 0.3 is 5.63 Å². The highest BCUT2D eigenvalue weighted by Gasteiger charge is 2.33. The van der Waals surface area contributed by atoms with Crippen LogP contribution < -0.4 is 24.6 Å². The average Bonchev–Trinajstić information content (AvgIpc) is 2.76. The van der Waals surface area contributed by atoms with Gasteiger partial charge in [-0.05, 0) is 42.7 Å².